The number of aliphatic hydroxyl groups excluding tert-OH is 1. The molecule has 8 amide bonds. The van der Waals surface area contributed by atoms with E-state index in [0.717, 1.165) is 22.7 Å². The maximum Gasteiger partial charge on any atom is 0.271 e. The first-order valence-electron chi connectivity index (χ1n) is 22.5. The highest BCUT2D eigenvalue weighted by Crippen LogP contribution is 2.27. The van der Waals surface area contributed by atoms with Gasteiger partial charge < -0.3 is 52.7 Å². The molecular weight excluding hydrogens is 905 g/mol. The molecule has 2 aliphatic heterocycles. The summed E-state index contributed by atoms with van der Waals surface area (Å²) in [4.78, 5) is 120. The molecule has 1 aromatic carbocycles. The fourth-order valence-electron chi connectivity index (χ4n) is 7.89. The Hall–Kier alpha value is -6.00. The molecule has 0 aliphatic carbocycles. The number of aliphatic hydroxyl groups is 1. The summed E-state index contributed by atoms with van der Waals surface area (Å²) in [6.07, 6.45) is 1.12. The van der Waals surface area contributed by atoms with E-state index in [1.54, 1.807) is 19.1 Å². The van der Waals surface area contributed by atoms with Gasteiger partial charge in [-0.05, 0) is 67.6 Å². The molecule has 22 heteroatoms. The summed E-state index contributed by atoms with van der Waals surface area (Å²) in [6.45, 7) is 10.5. The van der Waals surface area contributed by atoms with Gasteiger partial charge in [0.1, 0.15) is 57.4 Å². The number of hydrogen-bond donors (Lipinski definition) is 9. The highest BCUT2D eigenvalue weighted by atomic mass is 32.1. The molecule has 0 radical (unpaired) electrons. The Morgan fingerprint density at radius 1 is 0.731 bits per heavy atom. The summed E-state index contributed by atoms with van der Waals surface area (Å²) in [7, 11) is 0. The molecule has 67 heavy (non-hydrogen) atoms. The average molecular weight is 967 g/mol. The number of aromatic nitrogens is 2. The molecule has 4 heterocycles. The lowest BCUT2D eigenvalue weighted by Crippen LogP contribution is -2.57. The molecule has 1 fully saturated rings. The SMILES string of the molecule is CC[C@H](C)[C@@H]1NC(=O)c2csc(n2)C(CC(C)C)NC(=O)[C@H](CO)NC(=O)[C@@H]2CCCN2C(=O)[C@H](CC(N)=O)NC(=O)c2csc(n2)[C@H](Cc2ccc(O)cc2)NC(=O)[C@H](CC(C)C)NC1=O. The molecule has 1 unspecified atom stereocenters. The van der Waals surface area contributed by atoms with Gasteiger partial charge in [-0.3, -0.25) is 38.4 Å². The van der Waals surface area contributed by atoms with Crippen molar-refractivity contribution in [1.82, 2.24) is 46.8 Å². The molecule has 10 N–H and O–H groups in total. The van der Waals surface area contributed by atoms with Crippen LogP contribution < -0.4 is 37.6 Å². The molecule has 1 saturated heterocycles. The number of rotatable bonds is 11. The third-order valence-corrected chi connectivity index (χ3v) is 13.5. The van der Waals surface area contributed by atoms with Gasteiger partial charge in [0, 0.05) is 17.3 Å². The number of thiazole rings is 2. The van der Waals surface area contributed by atoms with Crippen molar-refractivity contribution >= 4 is 69.9 Å². The predicted molar refractivity (Wildman–Crippen MR) is 248 cm³/mol. The van der Waals surface area contributed by atoms with E-state index in [0.29, 0.717) is 29.8 Å². The number of primary amides is 1. The number of hydrogen-bond acceptors (Lipinski definition) is 14. The summed E-state index contributed by atoms with van der Waals surface area (Å²) in [5, 5.41) is 40.5. The van der Waals surface area contributed by atoms with Gasteiger partial charge in [-0.1, -0.05) is 60.1 Å². The van der Waals surface area contributed by atoms with Gasteiger partial charge in [0.2, 0.25) is 35.4 Å². The van der Waals surface area contributed by atoms with E-state index >= 15 is 0 Å². The van der Waals surface area contributed by atoms with E-state index < -0.39 is 108 Å². The van der Waals surface area contributed by atoms with Gasteiger partial charge in [0.25, 0.3) is 11.8 Å². The highest BCUT2D eigenvalue weighted by Gasteiger charge is 2.40. The van der Waals surface area contributed by atoms with Crippen LogP contribution in [0.4, 0.5) is 0 Å². The number of benzene rings is 1. The summed E-state index contributed by atoms with van der Waals surface area (Å²) in [5.41, 5.74) is 6.06. The minimum absolute atomic E-state index is 0.0141. The summed E-state index contributed by atoms with van der Waals surface area (Å²) < 4.78 is 0. The van der Waals surface area contributed by atoms with Gasteiger partial charge in [-0.2, -0.15) is 0 Å². The third kappa shape index (κ3) is 14.0. The van der Waals surface area contributed by atoms with Crippen LogP contribution in [0.5, 0.6) is 5.75 Å². The van der Waals surface area contributed by atoms with Crippen molar-refractivity contribution in [1.29, 1.82) is 0 Å². The number of amides is 8. The maximum absolute atomic E-state index is 14.4. The van der Waals surface area contributed by atoms with E-state index in [2.05, 4.69) is 41.9 Å². The van der Waals surface area contributed by atoms with Crippen molar-refractivity contribution < 1.29 is 48.6 Å². The Kier molecular flexibility index (Phi) is 18.3. The van der Waals surface area contributed by atoms with Crippen molar-refractivity contribution in [2.45, 2.75) is 129 Å². The molecule has 5 rings (SSSR count). The number of nitrogens with one attached hydrogen (secondary N) is 6. The molecule has 20 nitrogen and oxygen atoms in total. The van der Waals surface area contributed by atoms with Crippen LogP contribution in [0.3, 0.4) is 0 Å². The van der Waals surface area contributed by atoms with Gasteiger partial charge in [-0.15, -0.1) is 22.7 Å². The lowest BCUT2D eigenvalue weighted by atomic mass is 9.96. The lowest BCUT2D eigenvalue weighted by molar-refractivity contribution is -0.141. The zero-order valence-corrected chi connectivity index (χ0v) is 40.1. The second-order valence-corrected chi connectivity index (χ2v) is 19.7. The van der Waals surface area contributed by atoms with Gasteiger partial charge in [0.15, 0.2) is 0 Å². The largest absolute Gasteiger partial charge is 0.508 e. The molecule has 0 spiro atoms. The normalized spacial score (nSPS) is 24.5. The summed E-state index contributed by atoms with van der Waals surface area (Å²) >= 11 is 2.14. The topological polar surface area (TPSA) is 304 Å². The molecule has 3 aromatic rings. The Bertz CT molecular complexity index is 2270. The van der Waals surface area contributed by atoms with E-state index in [4.69, 9.17) is 5.73 Å². The van der Waals surface area contributed by atoms with E-state index in [-0.39, 0.29) is 59.8 Å². The fourth-order valence-corrected chi connectivity index (χ4v) is 9.60. The number of carbonyl (C=O) groups is 8. The molecule has 4 bridgehead atoms. The minimum Gasteiger partial charge on any atom is -0.508 e. The van der Waals surface area contributed by atoms with Crippen LogP contribution in [0.15, 0.2) is 35.0 Å². The van der Waals surface area contributed by atoms with Gasteiger partial charge >= 0.3 is 0 Å². The highest BCUT2D eigenvalue weighted by molar-refractivity contribution is 7.10. The smallest absolute Gasteiger partial charge is 0.271 e. The Labute approximate surface area is 397 Å². The number of fused-ring (bicyclic) bond motifs is 5. The quantitative estimate of drug-likeness (QED) is 0.133. The predicted octanol–water partition coefficient (Wildman–Crippen LogP) is 1.74. The molecule has 2 aromatic heterocycles. The average Bonchev–Trinajstić information content (AvgIpc) is 4.08. The first-order chi connectivity index (χ1) is 31.8. The van der Waals surface area contributed by atoms with Crippen molar-refractivity contribution in [2.75, 3.05) is 13.2 Å². The van der Waals surface area contributed by atoms with Crippen LogP contribution in [-0.2, 0) is 35.2 Å². The standard InChI is InChI=1S/C45H62N10O10S2/c1-7-24(6)36-42(64)47-27(15-22(2)3)37(59)49-29(17-25-10-12-26(57)13-11-25)44-52-32(20-67-44)39(61)50-30(18-35(46)58)45(65)55-14-8-9-34(55)41(63)51-31(19-56)38(60)48-28(16-23(4)5)43-53-33(21-66-43)40(62)54-36/h10-13,20-24,27-31,34,36,56-57H,7-9,14-19H2,1-6H3,(H2,46,58)(H,47,64)(H,48,60)(H,49,59)(H,50,61)(H,51,63)(H,54,62)/t24-,27-,28?,29-,30-,31-,34-,36-/m0/s1. The number of nitrogens with two attached hydrogens (primary N) is 1. The van der Waals surface area contributed by atoms with E-state index in [1.165, 1.54) is 27.8 Å². The number of aromatic hydroxyl groups is 1. The van der Waals surface area contributed by atoms with Crippen LogP contribution in [0.2, 0.25) is 0 Å². The molecule has 0 saturated carbocycles. The first kappa shape index (κ1) is 52.0. The first-order valence-corrected chi connectivity index (χ1v) is 24.3. The van der Waals surface area contributed by atoms with Crippen LogP contribution in [-0.4, -0.2) is 116 Å². The van der Waals surface area contributed by atoms with Crippen LogP contribution in [0, 0.1) is 17.8 Å². The van der Waals surface area contributed by atoms with Crippen molar-refractivity contribution in [3.63, 3.8) is 0 Å². The Balaban J connectivity index is 1.56. The van der Waals surface area contributed by atoms with Gasteiger partial charge in [-0.25, -0.2) is 9.97 Å². The van der Waals surface area contributed by atoms with Crippen LogP contribution >= 0.6 is 22.7 Å². The molecule has 8 atom stereocenters. The van der Waals surface area contributed by atoms with Crippen molar-refractivity contribution in [2.24, 2.45) is 23.5 Å². The van der Waals surface area contributed by atoms with Crippen molar-refractivity contribution in [3.05, 3.63) is 62.0 Å². The summed E-state index contributed by atoms with van der Waals surface area (Å²) in [6, 6.07) is -1.65. The minimum atomic E-state index is -1.52. The van der Waals surface area contributed by atoms with Gasteiger partial charge in [0.05, 0.1) is 25.1 Å². The lowest BCUT2D eigenvalue weighted by Gasteiger charge is -2.29. The second-order valence-electron chi connectivity index (χ2n) is 17.9. The van der Waals surface area contributed by atoms with Crippen LogP contribution in [0.25, 0.3) is 0 Å². The van der Waals surface area contributed by atoms with E-state index in [9.17, 15) is 48.6 Å². The molecule has 2 aliphatic rings. The number of phenolic OH excluding ortho intramolecular Hbond substituents is 1. The third-order valence-electron chi connectivity index (χ3n) is 11.6. The Morgan fingerprint density at radius 3 is 1.85 bits per heavy atom. The monoisotopic (exact) mass is 966 g/mol. The summed E-state index contributed by atoms with van der Waals surface area (Å²) in [5.74, 6) is -6.33. The number of phenols is 1. The number of carbonyl (C=O) groups excluding carboxylic acids is 8. The fraction of sp³-hybridized carbons (Fsp3) is 0.556. The molecule has 364 valence electrons. The van der Waals surface area contributed by atoms with E-state index in [1.807, 2.05) is 34.6 Å². The Morgan fingerprint density at radius 2 is 1.27 bits per heavy atom. The maximum atomic E-state index is 14.4. The zero-order chi connectivity index (χ0) is 49.1. The zero-order valence-electron chi connectivity index (χ0n) is 38.5. The van der Waals surface area contributed by atoms with Crippen LogP contribution in [0.1, 0.15) is 129 Å². The second kappa shape index (κ2) is 23.6. The van der Waals surface area contributed by atoms with Crippen molar-refractivity contribution in [3.8, 4) is 5.75 Å². The molecular formula is C45H62N10O10S2. The number of nitrogens with zero attached hydrogens (tertiary/aromatic N) is 3.